The summed E-state index contributed by atoms with van der Waals surface area (Å²) in [6.45, 7) is 20.8. The molecule has 157 valence electrons. The van der Waals surface area contributed by atoms with Gasteiger partial charge in [0.2, 0.25) is 0 Å². The molecule has 0 rings (SSSR count). The fourth-order valence-electron chi connectivity index (χ4n) is 2.72. The molecule has 26 heavy (non-hydrogen) atoms. The average Bonchev–Trinajstić information content (AvgIpc) is 2.57. The van der Waals surface area contributed by atoms with E-state index in [0.717, 1.165) is 44.8 Å². The quantitative estimate of drug-likeness (QED) is 0.259. The summed E-state index contributed by atoms with van der Waals surface area (Å²) in [6, 6.07) is 0. The normalized spacial score (nSPS) is 15.6. The van der Waals surface area contributed by atoms with E-state index in [0.29, 0.717) is 19.1 Å². The summed E-state index contributed by atoms with van der Waals surface area (Å²) in [5.74, 6) is 1.23. The first kappa shape index (κ1) is 25.9. The third-order valence-corrected chi connectivity index (χ3v) is 4.99. The van der Waals surface area contributed by atoms with Gasteiger partial charge in [-0.1, -0.05) is 53.9 Å². The Bertz CT molecular complexity index is 304. The van der Waals surface area contributed by atoms with Crippen molar-refractivity contribution in [2.45, 2.75) is 105 Å². The van der Waals surface area contributed by atoms with Crippen LogP contribution in [0.4, 0.5) is 0 Å². The van der Waals surface area contributed by atoms with Gasteiger partial charge in [-0.2, -0.15) is 0 Å². The van der Waals surface area contributed by atoms with Gasteiger partial charge in [-0.05, 0) is 57.8 Å². The molecular weight excluding hydrogens is 324 g/mol. The minimum absolute atomic E-state index is 0.193. The molecule has 3 heteroatoms. The largest absolute Gasteiger partial charge is 0.381 e. The van der Waals surface area contributed by atoms with Crippen molar-refractivity contribution in [1.82, 2.24) is 0 Å². The van der Waals surface area contributed by atoms with Gasteiger partial charge in [0.25, 0.3) is 0 Å². The first-order valence-electron chi connectivity index (χ1n) is 11.0. The monoisotopic (exact) mass is 371 g/mol. The lowest BCUT2D eigenvalue weighted by Gasteiger charge is -2.34. The number of hydrogen-bond acceptors (Lipinski definition) is 3. The van der Waals surface area contributed by atoms with Crippen molar-refractivity contribution in [3.05, 3.63) is 6.92 Å². The molecular formula is C23H47O3. The molecule has 2 unspecified atom stereocenters. The third-order valence-electron chi connectivity index (χ3n) is 4.99. The molecule has 0 aliphatic carbocycles. The van der Waals surface area contributed by atoms with Gasteiger partial charge in [-0.15, -0.1) is 0 Å². The molecule has 0 aliphatic heterocycles. The van der Waals surface area contributed by atoms with Gasteiger partial charge in [0, 0.05) is 26.4 Å². The van der Waals surface area contributed by atoms with E-state index in [2.05, 4.69) is 48.5 Å². The molecule has 0 aromatic carbocycles. The van der Waals surface area contributed by atoms with Crippen LogP contribution in [-0.2, 0) is 14.2 Å². The van der Waals surface area contributed by atoms with Crippen molar-refractivity contribution in [1.29, 1.82) is 0 Å². The molecule has 1 radical (unpaired) electrons. The predicted octanol–water partition coefficient (Wildman–Crippen LogP) is 6.45. The van der Waals surface area contributed by atoms with Crippen molar-refractivity contribution in [2.24, 2.45) is 11.8 Å². The van der Waals surface area contributed by atoms with E-state index in [4.69, 9.17) is 14.2 Å². The molecule has 3 nitrogen and oxygen atoms in total. The van der Waals surface area contributed by atoms with Crippen LogP contribution in [0.2, 0.25) is 0 Å². The highest BCUT2D eigenvalue weighted by Gasteiger charge is 2.28. The smallest absolute Gasteiger partial charge is 0.0731 e. The Morgan fingerprint density at radius 2 is 1.35 bits per heavy atom. The molecule has 2 atom stereocenters. The van der Waals surface area contributed by atoms with Gasteiger partial charge in [0.05, 0.1) is 11.7 Å². The molecule has 0 aliphatic rings. The Kier molecular flexibility index (Phi) is 15.8. The van der Waals surface area contributed by atoms with E-state index in [9.17, 15) is 0 Å². The molecule has 0 N–H and O–H groups in total. The Morgan fingerprint density at radius 3 is 1.85 bits per heavy atom. The van der Waals surface area contributed by atoms with Gasteiger partial charge in [0.1, 0.15) is 0 Å². The van der Waals surface area contributed by atoms with Crippen LogP contribution in [0.5, 0.6) is 0 Å². The molecule has 0 aromatic rings. The van der Waals surface area contributed by atoms with Gasteiger partial charge < -0.3 is 14.2 Å². The summed E-state index contributed by atoms with van der Waals surface area (Å²) >= 11 is 0. The van der Waals surface area contributed by atoms with Crippen LogP contribution in [0, 0.1) is 18.8 Å². The second kappa shape index (κ2) is 15.9. The zero-order valence-corrected chi connectivity index (χ0v) is 18.6. The lowest BCUT2D eigenvalue weighted by molar-refractivity contribution is -0.102. The molecule has 0 fully saturated rings. The topological polar surface area (TPSA) is 27.7 Å². The van der Waals surface area contributed by atoms with Crippen molar-refractivity contribution in [3.8, 4) is 0 Å². The summed E-state index contributed by atoms with van der Waals surface area (Å²) < 4.78 is 18.0. The minimum atomic E-state index is -0.412. The Hall–Kier alpha value is -0.120. The lowest BCUT2D eigenvalue weighted by atomic mass is 9.97. The fourth-order valence-corrected chi connectivity index (χ4v) is 2.72. The van der Waals surface area contributed by atoms with Crippen molar-refractivity contribution >= 4 is 0 Å². The van der Waals surface area contributed by atoms with Crippen LogP contribution in [0.1, 0.15) is 92.9 Å². The van der Waals surface area contributed by atoms with Crippen molar-refractivity contribution < 1.29 is 14.2 Å². The average molecular weight is 372 g/mol. The molecule has 0 aromatic heterocycles. The van der Waals surface area contributed by atoms with Gasteiger partial charge in [-0.25, -0.2) is 0 Å². The van der Waals surface area contributed by atoms with Crippen molar-refractivity contribution in [2.75, 3.05) is 26.4 Å². The van der Waals surface area contributed by atoms with Crippen LogP contribution in [-0.4, -0.2) is 38.1 Å². The van der Waals surface area contributed by atoms with E-state index in [-0.39, 0.29) is 6.10 Å². The zero-order valence-electron chi connectivity index (χ0n) is 18.6. The van der Waals surface area contributed by atoms with Crippen LogP contribution in [0.25, 0.3) is 0 Å². The van der Waals surface area contributed by atoms with E-state index >= 15 is 0 Å². The summed E-state index contributed by atoms with van der Waals surface area (Å²) in [6.07, 6.45) is 9.17. The van der Waals surface area contributed by atoms with E-state index in [1.54, 1.807) is 0 Å². The molecule has 0 saturated heterocycles. The first-order chi connectivity index (χ1) is 12.3. The second-order valence-electron chi connectivity index (χ2n) is 8.57. The van der Waals surface area contributed by atoms with E-state index in [1.165, 1.54) is 25.7 Å². The second-order valence-corrected chi connectivity index (χ2v) is 8.57. The molecule has 0 bridgehead atoms. The SMILES string of the molecule is [CH2]C(CCOCCCCCC)(CCOCCCC(C)C)OC(C)C(C)C. The highest BCUT2D eigenvalue weighted by Crippen LogP contribution is 2.25. The van der Waals surface area contributed by atoms with Gasteiger partial charge in [0.15, 0.2) is 0 Å². The van der Waals surface area contributed by atoms with Crippen LogP contribution in [0.3, 0.4) is 0 Å². The van der Waals surface area contributed by atoms with E-state index in [1.807, 2.05) is 0 Å². The molecule has 0 heterocycles. The number of unbranched alkanes of at least 4 members (excludes halogenated alkanes) is 3. The molecule has 0 saturated carbocycles. The number of hydrogen-bond donors (Lipinski definition) is 0. The maximum Gasteiger partial charge on any atom is 0.0731 e. The standard InChI is InChI=1S/C23H47O3/c1-8-9-10-11-16-24-18-14-23(7,26-22(6)21(4)5)15-19-25-17-12-13-20(2)3/h20-22H,7-19H2,1-6H3. The minimum Gasteiger partial charge on any atom is -0.381 e. The summed E-state index contributed by atoms with van der Waals surface area (Å²) in [5.41, 5.74) is -0.412. The third kappa shape index (κ3) is 15.0. The van der Waals surface area contributed by atoms with Gasteiger partial charge >= 0.3 is 0 Å². The van der Waals surface area contributed by atoms with Crippen LogP contribution >= 0.6 is 0 Å². The highest BCUT2D eigenvalue weighted by atomic mass is 16.5. The maximum atomic E-state index is 6.32. The molecule has 0 amide bonds. The summed E-state index contributed by atoms with van der Waals surface area (Å²) in [7, 11) is 0. The Balaban J connectivity index is 4.17. The highest BCUT2D eigenvalue weighted by molar-refractivity contribution is 4.85. The zero-order chi connectivity index (χ0) is 19.8. The number of rotatable bonds is 18. The summed E-state index contributed by atoms with van der Waals surface area (Å²) in [4.78, 5) is 0. The van der Waals surface area contributed by atoms with Crippen molar-refractivity contribution in [3.63, 3.8) is 0 Å². The number of ether oxygens (including phenoxy) is 3. The van der Waals surface area contributed by atoms with E-state index < -0.39 is 5.60 Å². The van der Waals surface area contributed by atoms with Crippen LogP contribution in [0.15, 0.2) is 0 Å². The summed E-state index contributed by atoms with van der Waals surface area (Å²) in [5, 5.41) is 0. The predicted molar refractivity (Wildman–Crippen MR) is 113 cm³/mol. The molecule has 0 spiro atoms. The Labute approximate surface area is 164 Å². The first-order valence-corrected chi connectivity index (χ1v) is 11.0. The lowest BCUT2D eigenvalue weighted by Crippen LogP contribution is -2.37. The Morgan fingerprint density at radius 1 is 0.769 bits per heavy atom. The maximum absolute atomic E-state index is 6.32. The fraction of sp³-hybridized carbons (Fsp3) is 0.957. The van der Waals surface area contributed by atoms with Crippen LogP contribution < -0.4 is 0 Å². The van der Waals surface area contributed by atoms with Gasteiger partial charge in [-0.3, -0.25) is 0 Å².